The van der Waals surface area contributed by atoms with Gasteiger partial charge < -0.3 is 24.4 Å². The van der Waals surface area contributed by atoms with Crippen molar-refractivity contribution in [1.29, 1.82) is 0 Å². The fourth-order valence-corrected chi connectivity index (χ4v) is 7.45. The van der Waals surface area contributed by atoms with E-state index >= 15 is 0 Å². The second-order valence-corrected chi connectivity index (χ2v) is 14.3. The lowest BCUT2D eigenvalue weighted by Gasteiger charge is -2.58. The van der Waals surface area contributed by atoms with E-state index in [-0.39, 0.29) is 29.3 Å². The van der Waals surface area contributed by atoms with Gasteiger partial charge in [0.05, 0.1) is 18.2 Å². The molecule has 4 fully saturated rings. The van der Waals surface area contributed by atoms with Crippen LogP contribution in [-0.4, -0.2) is 101 Å². The zero-order valence-corrected chi connectivity index (χ0v) is 24.8. The van der Waals surface area contributed by atoms with Crippen molar-refractivity contribution in [3.8, 4) is 0 Å². The summed E-state index contributed by atoms with van der Waals surface area (Å²) >= 11 is 0. The SMILES string of the molecule is COC1CN(C[C@@H]2CCN(c3nn(C4CC5(C4)CN(C(=O)OC(C)(C)C)C5)c(C)c3C)C(C)(C)C2)CC1O. The number of β-amino-alcohol motifs (C(OH)–C–C–N with tert-alkyl or cyclic N) is 1. The van der Waals surface area contributed by atoms with Crippen LogP contribution in [0.2, 0.25) is 0 Å². The van der Waals surface area contributed by atoms with Gasteiger partial charge in [0.2, 0.25) is 0 Å². The van der Waals surface area contributed by atoms with Crippen molar-refractivity contribution >= 4 is 11.9 Å². The standard InChI is InChI=1S/C29H49N5O4/c1-19-20(2)34(22-12-29(13-22)17-32(18-29)26(36)38-27(3,4)5)30-25(19)33-10-9-21(11-28(33,6)7)14-31-15-23(35)24(16-31)37-8/h21-24,35H,9-18H2,1-8H3/t21-,23?,24?/m1/s1. The number of nitrogens with zero attached hydrogens (tertiary/aromatic N) is 5. The van der Waals surface area contributed by atoms with E-state index < -0.39 is 5.60 Å². The Morgan fingerprint density at radius 3 is 2.39 bits per heavy atom. The summed E-state index contributed by atoms with van der Waals surface area (Å²) in [6.07, 6.45) is 3.75. The number of ether oxygens (including phenoxy) is 2. The molecule has 1 N–H and O–H groups in total. The second-order valence-electron chi connectivity index (χ2n) is 14.3. The van der Waals surface area contributed by atoms with Gasteiger partial charge in [0, 0.05) is 68.6 Å². The van der Waals surface area contributed by atoms with Crippen LogP contribution in [0.5, 0.6) is 0 Å². The first kappa shape index (κ1) is 27.7. The molecule has 0 aromatic carbocycles. The van der Waals surface area contributed by atoms with Crippen LogP contribution in [0.15, 0.2) is 0 Å². The van der Waals surface area contributed by atoms with Crippen LogP contribution < -0.4 is 4.90 Å². The maximum atomic E-state index is 12.4. The number of hydrogen-bond donors (Lipinski definition) is 1. The third-order valence-corrected chi connectivity index (χ3v) is 9.48. The number of aliphatic hydroxyl groups excluding tert-OH is 1. The Kier molecular flexibility index (Phi) is 7.05. The van der Waals surface area contributed by atoms with Crippen LogP contribution >= 0.6 is 0 Å². The Morgan fingerprint density at radius 2 is 1.82 bits per heavy atom. The summed E-state index contributed by atoms with van der Waals surface area (Å²) in [4.78, 5) is 19.1. The van der Waals surface area contributed by atoms with Gasteiger partial charge in [0.25, 0.3) is 0 Å². The van der Waals surface area contributed by atoms with Crippen molar-refractivity contribution in [2.45, 2.75) is 104 Å². The number of aliphatic hydroxyl groups is 1. The Hall–Kier alpha value is -1.84. The molecule has 1 aromatic rings. The molecule has 1 aliphatic carbocycles. The first-order chi connectivity index (χ1) is 17.7. The highest BCUT2D eigenvalue weighted by Crippen LogP contribution is 2.55. The number of carbonyl (C=O) groups is 1. The van der Waals surface area contributed by atoms with Crippen molar-refractivity contribution in [1.82, 2.24) is 19.6 Å². The van der Waals surface area contributed by atoms with Crippen LogP contribution in [-0.2, 0) is 9.47 Å². The lowest BCUT2D eigenvalue weighted by molar-refractivity contribution is -0.0930. The van der Waals surface area contributed by atoms with Gasteiger partial charge in [-0.1, -0.05) is 0 Å². The molecule has 38 heavy (non-hydrogen) atoms. The zero-order chi connectivity index (χ0) is 27.6. The third kappa shape index (κ3) is 5.18. The minimum Gasteiger partial charge on any atom is -0.444 e. The van der Waals surface area contributed by atoms with E-state index in [1.165, 1.54) is 11.3 Å². The summed E-state index contributed by atoms with van der Waals surface area (Å²) in [5.74, 6) is 1.73. The fourth-order valence-electron chi connectivity index (χ4n) is 7.45. The largest absolute Gasteiger partial charge is 0.444 e. The van der Waals surface area contributed by atoms with Gasteiger partial charge in [-0.15, -0.1) is 0 Å². The summed E-state index contributed by atoms with van der Waals surface area (Å²) in [5, 5.41) is 15.4. The smallest absolute Gasteiger partial charge is 0.410 e. The number of hydrogen-bond acceptors (Lipinski definition) is 7. The molecule has 1 saturated carbocycles. The molecule has 3 saturated heterocycles. The average molecular weight is 532 g/mol. The molecule has 3 aliphatic heterocycles. The highest BCUT2D eigenvalue weighted by molar-refractivity contribution is 5.69. The average Bonchev–Trinajstić information content (AvgIpc) is 3.23. The molecule has 214 valence electrons. The van der Waals surface area contributed by atoms with E-state index in [9.17, 15) is 9.90 Å². The van der Waals surface area contributed by atoms with Crippen LogP contribution in [0.4, 0.5) is 10.6 Å². The minimum atomic E-state index is -0.450. The number of methoxy groups -OCH3 is 1. The van der Waals surface area contributed by atoms with Crippen molar-refractivity contribution in [3.63, 3.8) is 0 Å². The maximum absolute atomic E-state index is 12.4. The molecule has 5 rings (SSSR count). The van der Waals surface area contributed by atoms with Gasteiger partial charge in [-0.2, -0.15) is 5.10 Å². The van der Waals surface area contributed by atoms with Gasteiger partial charge in [-0.05, 0) is 80.1 Å². The number of carbonyl (C=O) groups excluding carboxylic acids is 1. The normalized spacial score (nSPS) is 29.4. The molecule has 4 heterocycles. The Morgan fingerprint density at radius 1 is 1.13 bits per heavy atom. The van der Waals surface area contributed by atoms with Crippen molar-refractivity contribution in [3.05, 3.63) is 11.3 Å². The molecule has 9 nitrogen and oxygen atoms in total. The molecule has 1 aromatic heterocycles. The second kappa shape index (κ2) is 9.66. The molecule has 0 radical (unpaired) electrons. The van der Waals surface area contributed by atoms with E-state index in [4.69, 9.17) is 14.6 Å². The molecule has 0 bridgehead atoms. The lowest BCUT2D eigenvalue weighted by Crippen LogP contribution is -2.64. The van der Waals surface area contributed by atoms with Crippen LogP contribution in [0.1, 0.15) is 77.6 Å². The van der Waals surface area contributed by atoms with E-state index in [0.29, 0.717) is 18.5 Å². The van der Waals surface area contributed by atoms with Gasteiger partial charge >= 0.3 is 6.09 Å². The minimum absolute atomic E-state index is 0.0149. The van der Waals surface area contributed by atoms with Crippen molar-refractivity contribution < 1.29 is 19.4 Å². The number of amides is 1. The first-order valence-corrected chi connectivity index (χ1v) is 14.4. The van der Waals surface area contributed by atoms with Crippen LogP contribution in [0.3, 0.4) is 0 Å². The summed E-state index contributed by atoms with van der Waals surface area (Å²) in [7, 11) is 1.69. The van der Waals surface area contributed by atoms with E-state index in [2.05, 4.69) is 42.2 Å². The van der Waals surface area contributed by atoms with E-state index in [1.54, 1.807) is 7.11 Å². The molecule has 1 amide bonds. The lowest BCUT2D eigenvalue weighted by atomic mass is 9.61. The van der Waals surface area contributed by atoms with E-state index in [0.717, 1.165) is 64.2 Å². The molecular formula is C29H49N5O4. The van der Waals surface area contributed by atoms with E-state index in [1.807, 2.05) is 25.7 Å². The predicted octanol–water partition coefficient (Wildman–Crippen LogP) is 3.76. The monoisotopic (exact) mass is 531 g/mol. The summed E-state index contributed by atoms with van der Waals surface area (Å²) in [6, 6.07) is 0.402. The number of likely N-dealkylation sites (tertiary alicyclic amines) is 2. The number of aromatic nitrogens is 2. The Labute approximate surface area is 228 Å². The Bertz CT molecular complexity index is 1030. The quantitative estimate of drug-likeness (QED) is 0.620. The fraction of sp³-hybridized carbons (Fsp3) is 0.862. The molecule has 1 spiro atoms. The highest BCUT2D eigenvalue weighted by Gasteiger charge is 2.55. The summed E-state index contributed by atoms with van der Waals surface area (Å²) < 4.78 is 13.3. The molecular weight excluding hydrogens is 482 g/mol. The van der Waals surface area contributed by atoms with Gasteiger partial charge in [0.15, 0.2) is 5.82 Å². The number of piperidine rings is 1. The Balaban J connectivity index is 1.18. The van der Waals surface area contributed by atoms with Crippen molar-refractivity contribution in [2.24, 2.45) is 11.3 Å². The first-order valence-electron chi connectivity index (χ1n) is 14.4. The molecule has 2 unspecified atom stereocenters. The molecule has 4 aliphatic rings. The molecule has 3 atom stereocenters. The topological polar surface area (TPSA) is 83.3 Å². The summed E-state index contributed by atoms with van der Waals surface area (Å²) in [6.45, 7) is 20.0. The van der Waals surface area contributed by atoms with Crippen LogP contribution in [0, 0.1) is 25.2 Å². The number of rotatable bonds is 5. The third-order valence-electron chi connectivity index (χ3n) is 9.48. The zero-order valence-electron chi connectivity index (χ0n) is 24.8. The molecule has 9 heteroatoms. The van der Waals surface area contributed by atoms with Gasteiger partial charge in [-0.25, -0.2) is 4.79 Å². The van der Waals surface area contributed by atoms with Crippen molar-refractivity contribution in [2.75, 3.05) is 51.3 Å². The predicted molar refractivity (Wildman–Crippen MR) is 148 cm³/mol. The maximum Gasteiger partial charge on any atom is 0.410 e. The van der Waals surface area contributed by atoms with Crippen LogP contribution in [0.25, 0.3) is 0 Å². The van der Waals surface area contributed by atoms with Gasteiger partial charge in [0.1, 0.15) is 5.60 Å². The highest BCUT2D eigenvalue weighted by atomic mass is 16.6. The summed E-state index contributed by atoms with van der Waals surface area (Å²) in [5.41, 5.74) is 2.34. The van der Waals surface area contributed by atoms with Gasteiger partial charge in [-0.3, -0.25) is 9.58 Å². The number of anilines is 1.